The third-order valence-electron chi connectivity index (χ3n) is 4.78. The molecular formula is C16H22N2OS. The third kappa shape index (κ3) is 2.72. The Labute approximate surface area is 125 Å². The van der Waals surface area contributed by atoms with Crippen LogP contribution in [0.25, 0.3) is 0 Å². The van der Waals surface area contributed by atoms with E-state index in [9.17, 15) is 4.79 Å². The fourth-order valence-electron chi connectivity index (χ4n) is 3.32. The second kappa shape index (κ2) is 5.78. The van der Waals surface area contributed by atoms with Gasteiger partial charge in [-0.1, -0.05) is 0 Å². The SMILES string of the molecule is CSc1ccc(C(=O)N2CCC3(CCNC3)CC2)cc1. The summed E-state index contributed by atoms with van der Waals surface area (Å²) in [5, 5.41) is 3.47. The van der Waals surface area contributed by atoms with Gasteiger partial charge in [-0.05, 0) is 61.7 Å². The fraction of sp³-hybridized carbons (Fsp3) is 0.562. The normalized spacial score (nSPS) is 21.4. The van der Waals surface area contributed by atoms with E-state index in [2.05, 4.69) is 11.6 Å². The minimum atomic E-state index is 0.193. The standard InChI is InChI=1S/C16H22N2OS/c1-20-14-4-2-13(3-5-14)15(19)18-10-7-16(8-11-18)6-9-17-12-16/h2-5,17H,6-12H2,1H3. The molecular weight excluding hydrogens is 268 g/mol. The van der Waals surface area contributed by atoms with Crippen LogP contribution < -0.4 is 5.32 Å². The summed E-state index contributed by atoms with van der Waals surface area (Å²) in [6.45, 7) is 4.09. The minimum absolute atomic E-state index is 0.193. The van der Waals surface area contributed by atoms with Gasteiger partial charge in [-0.2, -0.15) is 0 Å². The monoisotopic (exact) mass is 290 g/mol. The Balaban J connectivity index is 1.63. The van der Waals surface area contributed by atoms with Crippen molar-refractivity contribution in [3.05, 3.63) is 29.8 Å². The van der Waals surface area contributed by atoms with E-state index in [0.29, 0.717) is 5.41 Å². The van der Waals surface area contributed by atoms with Gasteiger partial charge < -0.3 is 10.2 Å². The lowest BCUT2D eigenvalue weighted by Crippen LogP contribution is -2.44. The first-order valence-electron chi connectivity index (χ1n) is 7.37. The molecule has 0 unspecified atom stereocenters. The summed E-state index contributed by atoms with van der Waals surface area (Å²) in [6, 6.07) is 7.97. The lowest BCUT2D eigenvalue weighted by molar-refractivity contribution is 0.0607. The third-order valence-corrected chi connectivity index (χ3v) is 5.52. The molecule has 2 fully saturated rings. The van der Waals surface area contributed by atoms with E-state index in [1.54, 1.807) is 11.8 Å². The van der Waals surface area contributed by atoms with Crippen LogP contribution in [0.5, 0.6) is 0 Å². The van der Waals surface area contributed by atoms with Gasteiger partial charge in [0.05, 0.1) is 0 Å². The molecule has 0 aromatic heterocycles. The number of thioether (sulfide) groups is 1. The molecule has 1 N–H and O–H groups in total. The Morgan fingerprint density at radius 3 is 2.45 bits per heavy atom. The molecule has 2 heterocycles. The summed E-state index contributed by atoms with van der Waals surface area (Å²) in [7, 11) is 0. The molecule has 0 radical (unpaired) electrons. The van der Waals surface area contributed by atoms with Crippen LogP contribution in [0.15, 0.2) is 29.2 Å². The van der Waals surface area contributed by atoms with E-state index in [1.165, 1.54) is 11.3 Å². The molecule has 2 saturated heterocycles. The van der Waals surface area contributed by atoms with Crippen molar-refractivity contribution in [2.45, 2.75) is 24.2 Å². The van der Waals surface area contributed by atoms with E-state index in [4.69, 9.17) is 0 Å². The quantitative estimate of drug-likeness (QED) is 0.850. The minimum Gasteiger partial charge on any atom is -0.339 e. The summed E-state index contributed by atoms with van der Waals surface area (Å²) in [6.07, 6.45) is 5.62. The number of carbonyl (C=O) groups is 1. The number of nitrogens with one attached hydrogen (secondary N) is 1. The van der Waals surface area contributed by atoms with Gasteiger partial charge in [0, 0.05) is 30.1 Å². The van der Waals surface area contributed by atoms with Crippen LogP contribution in [-0.4, -0.2) is 43.2 Å². The lowest BCUT2D eigenvalue weighted by Gasteiger charge is -2.38. The van der Waals surface area contributed by atoms with Gasteiger partial charge in [-0.15, -0.1) is 11.8 Å². The zero-order valence-electron chi connectivity index (χ0n) is 12.0. The molecule has 2 aliphatic rings. The average Bonchev–Trinajstić information content (AvgIpc) is 2.96. The van der Waals surface area contributed by atoms with E-state index in [-0.39, 0.29) is 5.91 Å². The van der Waals surface area contributed by atoms with Gasteiger partial charge in [-0.3, -0.25) is 4.79 Å². The van der Waals surface area contributed by atoms with E-state index < -0.39 is 0 Å². The van der Waals surface area contributed by atoms with Crippen LogP contribution in [0.2, 0.25) is 0 Å². The molecule has 20 heavy (non-hydrogen) atoms. The highest BCUT2D eigenvalue weighted by Gasteiger charge is 2.38. The highest BCUT2D eigenvalue weighted by molar-refractivity contribution is 7.98. The number of benzene rings is 1. The molecule has 108 valence electrons. The predicted molar refractivity (Wildman–Crippen MR) is 83.3 cm³/mol. The van der Waals surface area contributed by atoms with Crippen molar-refractivity contribution in [1.29, 1.82) is 0 Å². The Hall–Kier alpha value is -1.00. The highest BCUT2D eigenvalue weighted by Crippen LogP contribution is 2.37. The Morgan fingerprint density at radius 1 is 1.20 bits per heavy atom. The summed E-state index contributed by atoms with van der Waals surface area (Å²) in [5.74, 6) is 0.193. The largest absolute Gasteiger partial charge is 0.339 e. The van der Waals surface area contributed by atoms with Crippen molar-refractivity contribution in [3.63, 3.8) is 0 Å². The van der Waals surface area contributed by atoms with Crippen LogP contribution in [0.3, 0.4) is 0 Å². The molecule has 0 aliphatic carbocycles. The van der Waals surface area contributed by atoms with Gasteiger partial charge in [-0.25, -0.2) is 0 Å². The Morgan fingerprint density at radius 2 is 1.90 bits per heavy atom. The molecule has 3 nitrogen and oxygen atoms in total. The molecule has 4 heteroatoms. The fourth-order valence-corrected chi connectivity index (χ4v) is 3.73. The van der Waals surface area contributed by atoms with Crippen molar-refractivity contribution >= 4 is 17.7 Å². The van der Waals surface area contributed by atoms with E-state index in [1.807, 2.05) is 29.2 Å². The van der Waals surface area contributed by atoms with Gasteiger partial charge in [0.2, 0.25) is 0 Å². The molecule has 1 spiro atoms. The number of likely N-dealkylation sites (tertiary alicyclic amines) is 1. The molecule has 1 aromatic carbocycles. The Bertz CT molecular complexity index is 470. The maximum Gasteiger partial charge on any atom is 0.253 e. The van der Waals surface area contributed by atoms with Crippen molar-refractivity contribution < 1.29 is 4.79 Å². The van der Waals surface area contributed by atoms with Gasteiger partial charge in [0.25, 0.3) is 5.91 Å². The number of carbonyl (C=O) groups excluding carboxylic acids is 1. The van der Waals surface area contributed by atoms with Crippen molar-refractivity contribution in [3.8, 4) is 0 Å². The van der Waals surface area contributed by atoms with Gasteiger partial charge >= 0.3 is 0 Å². The average molecular weight is 290 g/mol. The Kier molecular flexibility index (Phi) is 4.03. The summed E-state index contributed by atoms with van der Waals surface area (Å²) in [5.41, 5.74) is 1.29. The maximum atomic E-state index is 12.5. The lowest BCUT2D eigenvalue weighted by atomic mass is 9.78. The zero-order valence-corrected chi connectivity index (χ0v) is 12.8. The van der Waals surface area contributed by atoms with Crippen LogP contribution in [0.1, 0.15) is 29.6 Å². The number of hydrogen-bond donors (Lipinski definition) is 1. The van der Waals surface area contributed by atoms with Gasteiger partial charge in [0.15, 0.2) is 0 Å². The number of nitrogens with zero attached hydrogens (tertiary/aromatic N) is 1. The molecule has 3 rings (SSSR count). The van der Waals surface area contributed by atoms with Crippen LogP contribution in [0, 0.1) is 5.41 Å². The molecule has 0 bridgehead atoms. The molecule has 2 aliphatic heterocycles. The highest BCUT2D eigenvalue weighted by atomic mass is 32.2. The molecule has 0 atom stereocenters. The number of piperidine rings is 1. The predicted octanol–water partition coefficient (Wildman–Crippen LogP) is 2.62. The summed E-state index contributed by atoms with van der Waals surface area (Å²) < 4.78 is 0. The zero-order chi connectivity index (χ0) is 14.0. The maximum absolute atomic E-state index is 12.5. The first-order chi connectivity index (χ1) is 9.72. The second-order valence-electron chi connectivity index (χ2n) is 5.95. The number of amides is 1. The number of hydrogen-bond acceptors (Lipinski definition) is 3. The van der Waals surface area contributed by atoms with E-state index >= 15 is 0 Å². The molecule has 0 saturated carbocycles. The molecule has 1 aromatic rings. The van der Waals surface area contributed by atoms with Crippen molar-refractivity contribution in [1.82, 2.24) is 10.2 Å². The van der Waals surface area contributed by atoms with Gasteiger partial charge in [0.1, 0.15) is 0 Å². The second-order valence-corrected chi connectivity index (χ2v) is 6.83. The van der Waals surface area contributed by atoms with Crippen molar-refractivity contribution in [2.24, 2.45) is 5.41 Å². The van der Waals surface area contributed by atoms with Crippen LogP contribution >= 0.6 is 11.8 Å². The van der Waals surface area contributed by atoms with Crippen LogP contribution in [0.4, 0.5) is 0 Å². The first kappa shape index (κ1) is 14.0. The summed E-state index contributed by atoms with van der Waals surface area (Å²) >= 11 is 1.71. The first-order valence-corrected chi connectivity index (χ1v) is 8.59. The number of rotatable bonds is 2. The van der Waals surface area contributed by atoms with E-state index in [0.717, 1.165) is 44.6 Å². The summed E-state index contributed by atoms with van der Waals surface area (Å²) in [4.78, 5) is 15.7. The molecule has 1 amide bonds. The topological polar surface area (TPSA) is 32.3 Å². The van der Waals surface area contributed by atoms with Crippen molar-refractivity contribution in [2.75, 3.05) is 32.4 Å². The smallest absolute Gasteiger partial charge is 0.253 e. The van der Waals surface area contributed by atoms with Crippen LogP contribution in [-0.2, 0) is 0 Å².